The molecule has 0 aliphatic carbocycles. The molecule has 0 aliphatic heterocycles. The maximum absolute atomic E-state index is 8.67. The molecule has 0 bridgehead atoms. The van der Waals surface area contributed by atoms with Gasteiger partial charge in [0.15, 0.2) is 0 Å². The van der Waals surface area contributed by atoms with E-state index in [1.54, 1.807) is 0 Å². The third-order valence-corrected chi connectivity index (χ3v) is 3.50. The number of oxime groups is 1. The van der Waals surface area contributed by atoms with Gasteiger partial charge in [0.1, 0.15) is 5.84 Å². The quantitative estimate of drug-likeness (QED) is 0.265. The monoisotopic (exact) mass is 243 g/mol. The molecule has 0 aromatic rings. The van der Waals surface area contributed by atoms with Crippen molar-refractivity contribution in [2.45, 2.75) is 59.9 Å². The number of amidine groups is 1. The molecular weight excluding hydrogens is 214 g/mol. The summed E-state index contributed by atoms with van der Waals surface area (Å²) in [7, 11) is 0. The molecule has 2 atom stereocenters. The smallest absolute Gasteiger partial charge is 0.144 e. The largest absolute Gasteiger partial charge is 0.409 e. The Balaban J connectivity index is 3.91. The molecule has 102 valence electrons. The Morgan fingerprint density at radius 1 is 1.41 bits per heavy atom. The summed E-state index contributed by atoms with van der Waals surface area (Å²) in [6, 6.07) is 0.521. The summed E-state index contributed by atoms with van der Waals surface area (Å²) < 4.78 is 0. The fraction of sp³-hybridized carbons (Fsp3) is 0.923. The van der Waals surface area contributed by atoms with Gasteiger partial charge in [-0.2, -0.15) is 0 Å². The highest BCUT2D eigenvalue weighted by Crippen LogP contribution is 2.19. The molecule has 4 nitrogen and oxygen atoms in total. The summed E-state index contributed by atoms with van der Waals surface area (Å²) in [6.07, 6.45) is 3.29. The van der Waals surface area contributed by atoms with Crippen LogP contribution in [0.2, 0.25) is 0 Å². The second-order valence-corrected chi connectivity index (χ2v) is 5.72. The van der Waals surface area contributed by atoms with Gasteiger partial charge in [0.25, 0.3) is 0 Å². The lowest BCUT2D eigenvalue weighted by Crippen LogP contribution is -2.37. The topological polar surface area (TPSA) is 70.6 Å². The fourth-order valence-corrected chi connectivity index (χ4v) is 1.75. The first-order chi connectivity index (χ1) is 7.83. The second-order valence-electron chi connectivity index (χ2n) is 5.72. The van der Waals surface area contributed by atoms with Crippen molar-refractivity contribution in [3.05, 3.63) is 0 Å². The van der Waals surface area contributed by atoms with Crippen molar-refractivity contribution < 1.29 is 5.21 Å². The van der Waals surface area contributed by atoms with E-state index in [0.29, 0.717) is 11.9 Å². The van der Waals surface area contributed by atoms with E-state index in [9.17, 15) is 0 Å². The van der Waals surface area contributed by atoms with Crippen LogP contribution in [0.25, 0.3) is 0 Å². The molecule has 17 heavy (non-hydrogen) atoms. The van der Waals surface area contributed by atoms with Gasteiger partial charge >= 0.3 is 0 Å². The highest BCUT2D eigenvalue weighted by Gasteiger charge is 2.23. The van der Waals surface area contributed by atoms with Crippen LogP contribution in [0.4, 0.5) is 0 Å². The molecular formula is C13H29N3O. The van der Waals surface area contributed by atoms with Crippen molar-refractivity contribution in [2.75, 3.05) is 6.54 Å². The molecule has 0 rings (SSSR count). The zero-order valence-corrected chi connectivity index (χ0v) is 12.0. The van der Waals surface area contributed by atoms with E-state index in [4.69, 9.17) is 10.9 Å². The predicted molar refractivity (Wildman–Crippen MR) is 73.3 cm³/mol. The lowest BCUT2D eigenvalue weighted by molar-refractivity contribution is 0.303. The SMILES string of the molecule is CCC(C)CC(C)NCCC(C)(C)C(N)=NO. The van der Waals surface area contributed by atoms with Gasteiger partial charge in [-0.05, 0) is 32.2 Å². The zero-order chi connectivity index (χ0) is 13.5. The molecule has 4 N–H and O–H groups in total. The Labute approximate surface area is 106 Å². The van der Waals surface area contributed by atoms with Crippen molar-refractivity contribution in [1.29, 1.82) is 0 Å². The summed E-state index contributed by atoms with van der Waals surface area (Å²) in [5, 5.41) is 15.2. The van der Waals surface area contributed by atoms with Crippen molar-refractivity contribution in [3.8, 4) is 0 Å². The van der Waals surface area contributed by atoms with Crippen LogP contribution >= 0.6 is 0 Å². The Morgan fingerprint density at radius 2 is 2.00 bits per heavy atom. The van der Waals surface area contributed by atoms with Gasteiger partial charge in [0, 0.05) is 11.5 Å². The van der Waals surface area contributed by atoms with Crippen molar-refractivity contribution >= 4 is 5.84 Å². The van der Waals surface area contributed by atoms with Crippen LogP contribution in [0.5, 0.6) is 0 Å². The molecule has 0 saturated heterocycles. The van der Waals surface area contributed by atoms with Crippen molar-refractivity contribution in [1.82, 2.24) is 5.32 Å². The van der Waals surface area contributed by atoms with Gasteiger partial charge in [-0.25, -0.2) is 0 Å². The summed E-state index contributed by atoms with van der Waals surface area (Å²) in [5.41, 5.74) is 5.39. The normalized spacial score (nSPS) is 16.9. The first kappa shape index (κ1) is 16.2. The van der Waals surface area contributed by atoms with Crippen molar-refractivity contribution in [3.63, 3.8) is 0 Å². The Kier molecular flexibility index (Phi) is 7.19. The summed E-state index contributed by atoms with van der Waals surface area (Å²) in [4.78, 5) is 0. The summed E-state index contributed by atoms with van der Waals surface area (Å²) in [6.45, 7) is 11.6. The molecule has 0 spiro atoms. The van der Waals surface area contributed by atoms with Crippen LogP contribution in [0.15, 0.2) is 5.16 Å². The van der Waals surface area contributed by atoms with Crippen LogP contribution in [0.3, 0.4) is 0 Å². The standard InChI is InChI=1S/C13H29N3O/c1-6-10(2)9-11(3)15-8-7-13(4,5)12(14)16-17/h10-11,15,17H,6-9H2,1-5H3,(H2,14,16). The maximum Gasteiger partial charge on any atom is 0.144 e. The number of hydrogen-bond donors (Lipinski definition) is 3. The van der Waals surface area contributed by atoms with Crippen LogP contribution in [0.1, 0.15) is 53.9 Å². The van der Waals surface area contributed by atoms with Gasteiger partial charge in [0.05, 0.1) is 0 Å². The average Bonchev–Trinajstić information content (AvgIpc) is 2.27. The molecule has 4 heteroatoms. The van der Waals surface area contributed by atoms with Gasteiger partial charge in [-0.1, -0.05) is 39.3 Å². The van der Waals surface area contributed by atoms with Gasteiger partial charge < -0.3 is 16.3 Å². The summed E-state index contributed by atoms with van der Waals surface area (Å²) in [5.74, 6) is 1.06. The Bertz CT molecular complexity index is 239. The number of nitrogens with two attached hydrogens (primary N) is 1. The van der Waals surface area contributed by atoms with Crippen LogP contribution < -0.4 is 11.1 Å². The second kappa shape index (κ2) is 7.54. The lowest BCUT2D eigenvalue weighted by atomic mass is 9.88. The number of hydrogen-bond acceptors (Lipinski definition) is 3. The van der Waals surface area contributed by atoms with Crippen LogP contribution in [-0.2, 0) is 0 Å². The minimum absolute atomic E-state index is 0.252. The van der Waals surface area contributed by atoms with E-state index in [0.717, 1.165) is 18.9 Å². The molecule has 2 unspecified atom stereocenters. The Hall–Kier alpha value is -0.770. The molecule has 0 aliphatic rings. The molecule has 0 aromatic carbocycles. The van der Waals surface area contributed by atoms with Gasteiger partial charge in [0.2, 0.25) is 0 Å². The van der Waals surface area contributed by atoms with E-state index in [2.05, 4.69) is 31.2 Å². The Morgan fingerprint density at radius 3 is 2.47 bits per heavy atom. The third-order valence-electron chi connectivity index (χ3n) is 3.50. The minimum atomic E-state index is -0.252. The van der Waals surface area contributed by atoms with Gasteiger partial charge in [-0.15, -0.1) is 0 Å². The third kappa shape index (κ3) is 6.51. The van der Waals surface area contributed by atoms with Crippen molar-refractivity contribution in [2.24, 2.45) is 22.2 Å². The zero-order valence-electron chi connectivity index (χ0n) is 12.0. The molecule has 0 saturated carbocycles. The average molecular weight is 243 g/mol. The number of nitrogens with zero attached hydrogens (tertiary/aromatic N) is 1. The minimum Gasteiger partial charge on any atom is -0.409 e. The number of rotatable bonds is 8. The van der Waals surface area contributed by atoms with Crippen LogP contribution in [-0.4, -0.2) is 23.6 Å². The van der Waals surface area contributed by atoms with E-state index < -0.39 is 0 Å². The highest BCUT2D eigenvalue weighted by molar-refractivity contribution is 5.85. The molecule has 0 fully saturated rings. The first-order valence-electron chi connectivity index (χ1n) is 6.54. The van der Waals surface area contributed by atoms with E-state index in [1.165, 1.54) is 12.8 Å². The molecule has 0 heterocycles. The fourth-order valence-electron chi connectivity index (χ4n) is 1.75. The number of nitrogens with one attached hydrogen (secondary N) is 1. The highest BCUT2D eigenvalue weighted by atomic mass is 16.4. The van der Waals surface area contributed by atoms with Gasteiger partial charge in [-0.3, -0.25) is 0 Å². The van der Waals surface area contributed by atoms with E-state index in [1.807, 2.05) is 13.8 Å². The molecule has 0 aromatic heterocycles. The van der Waals surface area contributed by atoms with E-state index in [-0.39, 0.29) is 5.41 Å². The van der Waals surface area contributed by atoms with Crippen LogP contribution in [0, 0.1) is 11.3 Å². The molecule has 0 amide bonds. The summed E-state index contributed by atoms with van der Waals surface area (Å²) >= 11 is 0. The lowest BCUT2D eigenvalue weighted by Gasteiger charge is -2.24. The predicted octanol–water partition coefficient (Wildman–Crippen LogP) is 2.56. The maximum atomic E-state index is 8.67. The molecule has 0 radical (unpaired) electrons. The first-order valence-corrected chi connectivity index (χ1v) is 6.54. The van der Waals surface area contributed by atoms with E-state index >= 15 is 0 Å².